The maximum absolute atomic E-state index is 11.1. The topological polar surface area (TPSA) is 64.4 Å². The summed E-state index contributed by atoms with van der Waals surface area (Å²) in [7, 11) is 0. The highest BCUT2D eigenvalue weighted by Gasteiger charge is 2.26. The number of ether oxygens (including phenoxy) is 1. The van der Waals surface area contributed by atoms with Crippen molar-refractivity contribution >= 4 is 27.3 Å². The fraction of sp³-hybridized carbons (Fsp3) is 0.571. The standard InChI is InChI=1S/C14H19BrN2O3/c1-9(2)14-8-11(5-6-20-14)16-12-4-3-10(15)7-13(12)17(18)19/h3-4,7,9,11,14,16H,5-6,8H2,1-2H3. The van der Waals surface area contributed by atoms with Gasteiger partial charge in [0.05, 0.1) is 11.0 Å². The Bertz CT molecular complexity index is 493. The van der Waals surface area contributed by atoms with Crippen molar-refractivity contribution in [2.24, 2.45) is 5.92 Å². The molecular formula is C14H19BrN2O3. The molecule has 2 atom stereocenters. The quantitative estimate of drug-likeness (QED) is 0.664. The monoisotopic (exact) mass is 342 g/mol. The maximum Gasteiger partial charge on any atom is 0.293 e. The van der Waals surface area contributed by atoms with Crippen LogP contribution in [0.5, 0.6) is 0 Å². The number of benzene rings is 1. The SMILES string of the molecule is CC(C)C1CC(Nc2ccc(Br)cc2[N+](=O)[O-])CCO1. The van der Waals surface area contributed by atoms with Crippen LogP contribution in [0.4, 0.5) is 11.4 Å². The molecule has 1 fully saturated rings. The Labute approximate surface area is 127 Å². The molecule has 0 saturated carbocycles. The van der Waals surface area contributed by atoms with Crippen LogP contribution in [0.15, 0.2) is 22.7 Å². The molecule has 110 valence electrons. The number of hydrogen-bond acceptors (Lipinski definition) is 4. The summed E-state index contributed by atoms with van der Waals surface area (Å²) >= 11 is 3.27. The van der Waals surface area contributed by atoms with Gasteiger partial charge in [-0.15, -0.1) is 0 Å². The van der Waals surface area contributed by atoms with Crippen molar-refractivity contribution in [2.45, 2.75) is 38.8 Å². The van der Waals surface area contributed by atoms with Gasteiger partial charge in [0.15, 0.2) is 0 Å². The van der Waals surface area contributed by atoms with Gasteiger partial charge in [0.1, 0.15) is 5.69 Å². The maximum atomic E-state index is 11.1. The lowest BCUT2D eigenvalue weighted by atomic mass is 9.95. The van der Waals surface area contributed by atoms with Crippen molar-refractivity contribution in [3.8, 4) is 0 Å². The van der Waals surface area contributed by atoms with Crippen LogP contribution in [0.3, 0.4) is 0 Å². The highest BCUT2D eigenvalue weighted by atomic mass is 79.9. The number of nitro benzene ring substituents is 1. The van der Waals surface area contributed by atoms with Gasteiger partial charge in [-0.3, -0.25) is 10.1 Å². The lowest BCUT2D eigenvalue weighted by Crippen LogP contribution is -2.36. The molecule has 1 aliphatic heterocycles. The first kappa shape index (κ1) is 15.3. The van der Waals surface area contributed by atoms with E-state index >= 15 is 0 Å². The Morgan fingerprint density at radius 3 is 2.90 bits per heavy atom. The molecule has 5 nitrogen and oxygen atoms in total. The highest BCUT2D eigenvalue weighted by molar-refractivity contribution is 9.10. The summed E-state index contributed by atoms with van der Waals surface area (Å²) in [5.74, 6) is 0.458. The van der Waals surface area contributed by atoms with E-state index in [4.69, 9.17) is 4.74 Å². The molecule has 0 radical (unpaired) electrons. The molecule has 0 aliphatic carbocycles. The van der Waals surface area contributed by atoms with Gasteiger partial charge in [0, 0.05) is 23.2 Å². The van der Waals surface area contributed by atoms with Crippen molar-refractivity contribution in [1.82, 2.24) is 0 Å². The summed E-state index contributed by atoms with van der Waals surface area (Å²) in [6, 6.07) is 5.31. The van der Waals surface area contributed by atoms with Gasteiger partial charge in [0.2, 0.25) is 0 Å². The summed E-state index contributed by atoms with van der Waals surface area (Å²) in [4.78, 5) is 10.8. The molecule has 20 heavy (non-hydrogen) atoms. The number of anilines is 1. The Kier molecular flexibility index (Phi) is 4.99. The normalized spacial score (nSPS) is 22.8. The van der Waals surface area contributed by atoms with E-state index in [1.807, 2.05) is 6.07 Å². The molecule has 1 aromatic rings. The van der Waals surface area contributed by atoms with E-state index in [2.05, 4.69) is 35.1 Å². The van der Waals surface area contributed by atoms with Crippen molar-refractivity contribution in [1.29, 1.82) is 0 Å². The number of rotatable bonds is 4. The summed E-state index contributed by atoms with van der Waals surface area (Å²) in [6.45, 7) is 4.97. The van der Waals surface area contributed by atoms with Crippen LogP contribution in [0.2, 0.25) is 0 Å². The predicted molar refractivity (Wildman–Crippen MR) is 82.0 cm³/mol. The van der Waals surface area contributed by atoms with E-state index in [0.29, 0.717) is 22.7 Å². The molecule has 2 unspecified atom stereocenters. The fourth-order valence-electron chi connectivity index (χ4n) is 2.42. The van der Waals surface area contributed by atoms with Crippen molar-refractivity contribution in [2.75, 3.05) is 11.9 Å². The second-order valence-corrected chi connectivity index (χ2v) is 6.35. The van der Waals surface area contributed by atoms with Gasteiger partial charge in [-0.1, -0.05) is 29.8 Å². The van der Waals surface area contributed by atoms with Crippen LogP contribution in [-0.2, 0) is 4.74 Å². The molecule has 1 N–H and O–H groups in total. The van der Waals surface area contributed by atoms with Gasteiger partial charge < -0.3 is 10.1 Å². The number of hydrogen-bond donors (Lipinski definition) is 1. The van der Waals surface area contributed by atoms with E-state index in [0.717, 1.165) is 12.8 Å². The van der Waals surface area contributed by atoms with Crippen LogP contribution in [0.1, 0.15) is 26.7 Å². The highest BCUT2D eigenvalue weighted by Crippen LogP contribution is 2.31. The predicted octanol–water partition coefficient (Wildman–Crippen LogP) is 3.97. The Hall–Kier alpha value is -1.14. The molecule has 1 saturated heterocycles. The Morgan fingerprint density at radius 2 is 2.25 bits per heavy atom. The summed E-state index contributed by atoms with van der Waals surface area (Å²) < 4.78 is 6.43. The van der Waals surface area contributed by atoms with Gasteiger partial charge in [-0.05, 0) is 30.9 Å². The molecule has 1 aliphatic rings. The number of nitro groups is 1. The van der Waals surface area contributed by atoms with Crippen LogP contribution in [-0.4, -0.2) is 23.7 Å². The van der Waals surface area contributed by atoms with Gasteiger partial charge in [-0.2, -0.15) is 0 Å². The average Bonchev–Trinajstić information content (AvgIpc) is 2.41. The number of halogens is 1. The molecule has 1 aromatic carbocycles. The number of nitrogens with one attached hydrogen (secondary N) is 1. The minimum atomic E-state index is -0.355. The van der Waals surface area contributed by atoms with E-state index in [1.165, 1.54) is 6.07 Å². The van der Waals surface area contributed by atoms with Crippen LogP contribution < -0.4 is 5.32 Å². The second-order valence-electron chi connectivity index (χ2n) is 5.44. The lowest BCUT2D eigenvalue weighted by Gasteiger charge is -2.32. The largest absolute Gasteiger partial charge is 0.378 e. The fourth-order valence-corrected chi connectivity index (χ4v) is 2.77. The van der Waals surface area contributed by atoms with Gasteiger partial charge in [-0.25, -0.2) is 0 Å². The van der Waals surface area contributed by atoms with E-state index in [-0.39, 0.29) is 22.8 Å². The Balaban J connectivity index is 2.11. The summed E-state index contributed by atoms with van der Waals surface area (Å²) in [5.41, 5.74) is 0.680. The van der Waals surface area contributed by atoms with E-state index in [9.17, 15) is 10.1 Å². The molecule has 6 heteroatoms. The minimum absolute atomic E-state index is 0.104. The first-order valence-electron chi connectivity index (χ1n) is 6.79. The summed E-state index contributed by atoms with van der Waals surface area (Å²) in [6.07, 6.45) is 1.97. The van der Waals surface area contributed by atoms with Gasteiger partial charge in [0.25, 0.3) is 5.69 Å². The third-order valence-electron chi connectivity index (χ3n) is 3.57. The molecule has 0 amide bonds. The van der Waals surface area contributed by atoms with Crippen LogP contribution >= 0.6 is 15.9 Å². The third-order valence-corrected chi connectivity index (χ3v) is 4.07. The smallest absolute Gasteiger partial charge is 0.293 e. The van der Waals surface area contributed by atoms with Crippen molar-refractivity contribution in [3.63, 3.8) is 0 Å². The number of nitrogens with zero attached hydrogens (tertiary/aromatic N) is 1. The first-order chi connectivity index (χ1) is 9.47. The minimum Gasteiger partial charge on any atom is -0.378 e. The molecule has 2 rings (SSSR count). The zero-order chi connectivity index (χ0) is 14.7. The molecule has 1 heterocycles. The van der Waals surface area contributed by atoms with Crippen molar-refractivity contribution < 1.29 is 9.66 Å². The van der Waals surface area contributed by atoms with E-state index < -0.39 is 0 Å². The van der Waals surface area contributed by atoms with Crippen LogP contribution in [0.25, 0.3) is 0 Å². The van der Waals surface area contributed by atoms with Crippen LogP contribution in [0, 0.1) is 16.0 Å². The van der Waals surface area contributed by atoms with Gasteiger partial charge >= 0.3 is 0 Å². The average molecular weight is 343 g/mol. The third kappa shape index (κ3) is 3.70. The molecule has 0 aromatic heterocycles. The second kappa shape index (κ2) is 6.54. The lowest BCUT2D eigenvalue weighted by molar-refractivity contribution is -0.384. The molecule has 0 spiro atoms. The first-order valence-corrected chi connectivity index (χ1v) is 7.58. The molecular weight excluding hydrogens is 324 g/mol. The Morgan fingerprint density at radius 1 is 1.50 bits per heavy atom. The molecule has 0 bridgehead atoms. The summed E-state index contributed by atoms with van der Waals surface area (Å²) in [5, 5.41) is 14.4. The zero-order valence-electron chi connectivity index (χ0n) is 11.6. The van der Waals surface area contributed by atoms with Crippen molar-refractivity contribution in [3.05, 3.63) is 32.8 Å². The van der Waals surface area contributed by atoms with E-state index in [1.54, 1.807) is 6.07 Å². The zero-order valence-corrected chi connectivity index (χ0v) is 13.2.